The smallest absolute Gasteiger partial charge is 0.317 e. The maximum Gasteiger partial charge on any atom is 0.317 e. The lowest BCUT2D eigenvalue weighted by Crippen LogP contribution is -2.47. The molecule has 5 nitrogen and oxygen atoms in total. The molecule has 2 rings (SSSR count). The number of hydrogen-bond donors (Lipinski definition) is 1. The van der Waals surface area contributed by atoms with E-state index in [2.05, 4.69) is 38.1 Å². The first-order valence-electron chi connectivity index (χ1n) is 8.11. The molecule has 0 radical (unpaired) electrons. The van der Waals surface area contributed by atoms with Gasteiger partial charge in [0.1, 0.15) is 0 Å². The van der Waals surface area contributed by atoms with Crippen molar-refractivity contribution in [3.8, 4) is 0 Å². The Labute approximate surface area is 137 Å². The Bertz CT molecular complexity index is 526. The first-order valence-corrected chi connectivity index (χ1v) is 9.16. The molecular formula is C16H28N4OS. The second-order valence-corrected chi connectivity index (χ2v) is 7.57. The third kappa shape index (κ3) is 3.77. The third-order valence-corrected chi connectivity index (χ3v) is 5.91. The van der Waals surface area contributed by atoms with Crippen LogP contribution in [-0.4, -0.2) is 44.8 Å². The number of hydrogen-bond acceptors (Lipinski definition) is 3. The molecule has 1 atom stereocenters. The summed E-state index contributed by atoms with van der Waals surface area (Å²) in [5.41, 5.74) is 3.30. The van der Waals surface area contributed by atoms with Gasteiger partial charge in [0.05, 0.1) is 5.69 Å². The Morgan fingerprint density at radius 2 is 2.18 bits per heavy atom. The molecule has 1 saturated heterocycles. The first kappa shape index (κ1) is 17.2. The van der Waals surface area contributed by atoms with E-state index < -0.39 is 0 Å². The topological polar surface area (TPSA) is 50.2 Å². The van der Waals surface area contributed by atoms with Gasteiger partial charge in [-0.1, -0.05) is 13.8 Å². The minimum Gasteiger partial charge on any atom is -0.334 e. The Morgan fingerprint density at radius 1 is 1.45 bits per heavy atom. The number of carbonyl (C=O) groups is 1. The van der Waals surface area contributed by atoms with E-state index in [0.29, 0.717) is 17.7 Å². The first-order chi connectivity index (χ1) is 10.4. The number of aromatic nitrogens is 2. The molecule has 0 unspecified atom stereocenters. The Morgan fingerprint density at radius 3 is 2.77 bits per heavy atom. The number of urea groups is 1. The highest BCUT2D eigenvalue weighted by atomic mass is 32.2. The number of carbonyl (C=O) groups excluding carboxylic acids is 1. The molecule has 1 aliphatic rings. The van der Waals surface area contributed by atoms with E-state index in [0.717, 1.165) is 42.3 Å². The number of aryl methyl sites for hydroxylation is 2. The van der Waals surface area contributed by atoms with E-state index >= 15 is 0 Å². The fraction of sp³-hybridized carbons (Fsp3) is 0.750. The zero-order valence-electron chi connectivity index (χ0n) is 14.3. The van der Waals surface area contributed by atoms with Crippen LogP contribution in [0.15, 0.2) is 0 Å². The molecule has 1 aliphatic heterocycles. The number of nitrogens with one attached hydrogen (secondary N) is 1. The van der Waals surface area contributed by atoms with Crippen LogP contribution in [0.5, 0.6) is 0 Å². The number of nitrogens with zero attached hydrogens (tertiary/aromatic N) is 3. The van der Waals surface area contributed by atoms with Crippen molar-refractivity contribution in [3.63, 3.8) is 0 Å². The van der Waals surface area contributed by atoms with Crippen LogP contribution in [0.4, 0.5) is 4.79 Å². The van der Waals surface area contributed by atoms with Gasteiger partial charge >= 0.3 is 6.03 Å². The molecule has 2 amide bonds. The van der Waals surface area contributed by atoms with Crippen LogP contribution >= 0.6 is 11.8 Å². The summed E-state index contributed by atoms with van der Waals surface area (Å²) in [6.07, 6.45) is 0. The van der Waals surface area contributed by atoms with E-state index in [9.17, 15) is 4.79 Å². The quantitative estimate of drug-likeness (QED) is 0.926. The van der Waals surface area contributed by atoms with Gasteiger partial charge in [0.25, 0.3) is 0 Å². The summed E-state index contributed by atoms with van der Waals surface area (Å²) in [5, 5.41) is 8.12. The second kappa shape index (κ2) is 7.40. The van der Waals surface area contributed by atoms with Crippen LogP contribution < -0.4 is 5.32 Å². The fourth-order valence-corrected chi connectivity index (χ4v) is 4.14. The van der Waals surface area contributed by atoms with E-state index in [4.69, 9.17) is 0 Å². The Kier molecular flexibility index (Phi) is 5.78. The lowest BCUT2D eigenvalue weighted by atomic mass is 10.1. The highest BCUT2D eigenvalue weighted by molar-refractivity contribution is 8.00. The maximum absolute atomic E-state index is 12.4. The molecule has 0 aliphatic carbocycles. The molecule has 2 heterocycles. The van der Waals surface area contributed by atoms with Gasteiger partial charge in [0, 0.05) is 48.4 Å². The zero-order chi connectivity index (χ0) is 16.3. The average Bonchev–Trinajstić information content (AvgIpc) is 2.79. The van der Waals surface area contributed by atoms with Gasteiger partial charge in [0.15, 0.2) is 0 Å². The van der Waals surface area contributed by atoms with Crippen molar-refractivity contribution in [1.82, 2.24) is 20.0 Å². The van der Waals surface area contributed by atoms with Gasteiger partial charge in [-0.25, -0.2) is 4.79 Å². The Balaban J connectivity index is 1.94. The summed E-state index contributed by atoms with van der Waals surface area (Å²) in [4.78, 5) is 14.4. The van der Waals surface area contributed by atoms with Gasteiger partial charge in [-0.2, -0.15) is 16.9 Å². The van der Waals surface area contributed by atoms with E-state index in [1.54, 1.807) is 0 Å². The van der Waals surface area contributed by atoms with Crippen molar-refractivity contribution in [2.75, 3.05) is 18.8 Å². The number of rotatable bonds is 4. The summed E-state index contributed by atoms with van der Waals surface area (Å²) in [7, 11) is 0. The van der Waals surface area contributed by atoms with E-state index in [-0.39, 0.29) is 6.03 Å². The summed E-state index contributed by atoms with van der Waals surface area (Å²) in [5.74, 6) is 1.63. The minimum atomic E-state index is 0.0500. The number of thioether (sulfide) groups is 1. The summed E-state index contributed by atoms with van der Waals surface area (Å²) in [6.45, 7) is 13.7. The lowest BCUT2D eigenvalue weighted by Gasteiger charge is -2.34. The molecule has 0 aromatic carbocycles. The van der Waals surface area contributed by atoms with Crippen molar-refractivity contribution in [3.05, 3.63) is 17.0 Å². The molecule has 1 fully saturated rings. The molecular weight excluding hydrogens is 296 g/mol. The van der Waals surface area contributed by atoms with Crippen LogP contribution in [0.3, 0.4) is 0 Å². The molecule has 0 saturated carbocycles. The molecule has 0 spiro atoms. The van der Waals surface area contributed by atoms with Crippen molar-refractivity contribution in [2.24, 2.45) is 5.92 Å². The lowest BCUT2D eigenvalue weighted by molar-refractivity contribution is 0.196. The standard InChI is InChI=1S/C16H28N4OS/c1-6-20-13(5)14(12(4)18-20)9-17-16(21)19-7-8-22-15(10-19)11(2)3/h11,15H,6-10H2,1-5H3,(H,17,21)/t15-/m1/s1. The molecule has 0 bridgehead atoms. The van der Waals surface area contributed by atoms with Crippen LogP contribution in [0.1, 0.15) is 37.7 Å². The van der Waals surface area contributed by atoms with Gasteiger partial charge in [-0.05, 0) is 26.7 Å². The predicted molar refractivity (Wildman–Crippen MR) is 92.3 cm³/mol. The molecule has 1 aromatic heterocycles. The average molecular weight is 324 g/mol. The largest absolute Gasteiger partial charge is 0.334 e. The molecule has 1 N–H and O–H groups in total. The monoisotopic (exact) mass is 324 g/mol. The minimum absolute atomic E-state index is 0.0500. The van der Waals surface area contributed by atoms with E-state index in [1.807, 2.05) is 28.3 Å². The molecule has 22 heavy (non-hydrogen) atoms. The predicted octanol–water partition coefficient (Wildman–Crippen LogP) is 2.80. The van der Waals surface area contributed by atoms with Gasteiger partial charge < -0.3 is 10.2 Å². The molecule has 1 aromatic rings. The van der Waals surface area contributed by atoms with Crippen LogP contribution in [-0.2, 0) is 13.1 Å². The van der Waals surface area contributed by atoms with Gasteiger partial charge in [-0.3, -0.25) is 4.68 Å². The number of amides is 2. The van der Waals surface area contributed by atoms with Gasteiger partial charge in [0.2, 0.25) is 0 Å². The second-order valence-electron chi connectivity index (χ2n) is 6.22. The van der Waals surface area contributed by atoms with Crippen molar-refractivity contribution in [2.45, 2.75) is 53.0 Å². The van der Waals surface area contributed by atoms with E-state index in [1.165, 1.54) is 0 Å². The highest BCUT2D eigenvalue weighted by Crippen LogP contribution is 2.24. The summed E-state index contributed by atoms with van der Waals surface area (Å²) in [6, 6.07) is 0.0500. The van der Waals surface area contributed by atoms with Crippen molar-refractivity contribution in [1.29, 1.82) is 0 Å². The Hall–Kier alpha value is -1.17. The zero-order valence-corrected chi connectivity index (χ0v) is 15.2. The van der Waals surface area contributed by atoms with Gasteiger partial charge in [-0.15, -0.1) is 0 Å². The molecule has 124 valence electrons. The normalized spacial score (nSPS) is 18.8. The van der Waals surface area contributed by atoms with Crippen LogP contribution in [0, 0.1) is 19.8 Å². The summed E-state index contributed by atoms with van der Waals surface area (Å²) < 4.78 is 1.99. The highest BCUT2D eigenvalue weighted by Gasteiger charge is 2.26. The SMILES string of the molecule is CCn1nc(C)c(CNC(=O)N2CCS[C@@H](C(C)C)C2)c1C. The van der Waals surface area contributed by atoms with Crippen molar-refractivity contribution >= 4 is 17.8 Å². The summed E-state index contributed by atoms with van der Waals surface area (Å²) >= 11 is 1.98. The van der Waals surface area contributed by atoms with Crippen LogP contribution in [0.25, 0.3) is 0 Å². The molecule has 6 heteroatoms. The van der Waals surface area contributed by atoms with Crippen LogP contribution in [0.2, 0.25) is 0 Å². The third-order valence-electron chi connectivity index (χ3n) is 4.37. The maximum atomic E-state index is 12.4. The fourth-order valence-electron chi connectivity index (χ4n) is 2.84. The van der Waals surface area contributed by atoms with Crippen molar-refractivity contribution < 1.29 is 4.79 Å².